The van der Waals surface area contributed by atoms with E-state index in [-0.39, 0.29) is 36.5 Å². The number of hydrogen-bond acceptors (Lipinski definition) is 5. The van der Waals surface area contributed by atoms with E-state index in [0.29, 0.717) is 35.3 Å². The van der Waals surface area contributed by atoms with Crippen molar-refractivity contribution in [1.29, 1.82) is 0 Å². The van der Waals surface area contributed by atoms with E-state index in [1.165, 1.54) is 0 Å². The second-order valence-electron chi connectivity index (χ2n) is 9.04. The molecule has 5 rings (SSSR count). The zero-order valence-electron chi connectivity index (χ0n) is 18.1. The number of carbonyl (C=O) groups excluding carboxylic acids is 1. The summed E-state index contributed by atoms with van der Waals surface area (Å²) in [5.74, 6) is 0.954. The number of nitrogens with one attached hydrogen (secondary N) is 1. The smallest absolute Gasteiger partial charge is 0.448 e. The number of fused-ring (bicyclic) bond motifs is 1. The minimum absolute atomic E-state index is 0.0578. The number of amides is 1. The summed E-state index contributed by atoms with van der Waals surface area (Å²) in [5, 5.41) is 4.45. The fraction of sp³-hybridized carbons (Fsp3) is 0.458. The molecule has 1 N–H and O–H groups in total. The number of pyridine rings is 1. The highest BCUT2D eigenvalue weighted by molar-refractivity contribution is 6.31. The molecule has 2 aliphatic carbocycles. The molecule has 0 saturated heterocycles. The standard InChI is InChI=1S/C24H23ClF3N3O3/c25-17-6-7-19-15(9-17)5-8-21(29-19)31-22(32)13-1-3-14(4-2-13)23-30-20(12-33-23)16-10-18(11-16)34-24(26,27)28/h5-9,12-14,16,18H,1-4,10-11H2,(H,29,31,32). The first-order valence-electron chi connectivity index (χ1n) is 11.3. The fourth-order valence-corrected chi connectivity index (χ4v) is 4.95. The highest BCUT2D eigenvalue weighted by Gasteiger charge is 2.42. The van der Waals surface area contributed by atoms with Crippen LogP contribution in [0.1, 0.15) is 61.9 Å². The molecule has 1 aromatic carbocycles. The molecule has 1 amide bonds. The minimum Gasteiger partial charge on any atom is -0.448 e. The summed E-state index contributed by atoms with van der Waals surface area (Å²) in [4.78, 5) is 21.8. The van der Waals surface area contributed by atoms with Gasteiger partial charge in [0.05, 0.1) is 17.3 Å². The highest BCUT2D eigenvalue weighted by atomic mass is 35.5. The molecular weight excluding hydrogens is 471 g/mol. The SMILES string of the molecule is O=C(Nc1ccc2cc(Cl)ccc2n1)C1CCC(c2nc(C3CC(OC(F)(F)F)C3)co2)CC1. The Balaban J connectivity index is 1.12. The molecule has 6 nitrogen and oxygen atoms in total. The molecule has 34 heavy (non-hydrogen) atoms. The number of alkyl halides is 3. The molecule has 0 bridgehead atoms. The first-order valence-corrected chi connectivity index (χ1v) is 11.7. The Morgan fingerprint density at radius 1 is 1.06 bits per heavy atom. The number of ether oxygens (including phenoxy) is 1. The molecule has 2 heterocycles. The van der Waals surface area contributed by atoms with Crippen LogP contribution < -0.4 is 5.32 Å². The summed E-state index contributed by atoms with van der Waals surface area (Å²) in [6, 6.07) is 9.04. The number of halogens is 4. The Hall–Kier alpha value is -2.65. The molecule has 0 unspecified atom stereocenters. The number of oxazole rings is 1. The molecular formula is C24H23ClF3N3O3. The summed E-state index contributed by atoms with van der Waals surface area (Å²) in [6.45, 7) is 0. The first-order chi connectivity index (χ1) is 16.2. The maximum Gasteiger partial charge on any atom is 0.522 e. The van der Waals surface area contributed by atoms with E-state index in [1.807, 2.05) is 18.2 Å². The van der Waals surface area contributed by atoms with Crippen molar-refractivity contribution >= 4 is 34.2 Å². The third kappa shape index (κ3) is 5.20. The molecule has 10 heteroatoms. The number of anilines is 1. The van der Waals surface area contributed by atoms with Crippen molar-refractivity contribution < 1.29 is 27.1 Å². The van der Waals surface area contributed by atoms with Gasteiger partial charge in [-0.05, 0) is 68.9 Å². The normalized spacial score (nSPS) is 25.2. The Morgan fingerprint density at radius 2 is 1.82 bits per heavy atom. The Morgan fingerprint density at radius 3 is 2.56 bits per heavy atom. The van der Waals surface area contributed by atoms with E-state index in [0.717, 1.165) is 23.7 Å². The number of hydrogen-bond donors (Lipinski definition) is 1. The van der Waals surface area contributed by atoms with Crippen LogP contribution in [0.25, 0.3) is 10.9 Å². The van der Waals surface area contributed by atoms with Gasteiger partial charge in [-0.1, -0.05) is 11.6 Å². The van der Waals surface area contributed by atoms with Crippen molar-refractivity contribution in [3.63, 3.8) is 0 Å². The van der Waals surface area contributed by atoms with Crippen LogP contribution in [0.3, 0.4) is 0 Å². The lowest BCUT2D eigenvalue weighted by atomic mass is 9.80. The Labute approximate surface area is 198 Å². The second-order valence-corrected chi connectivity index (χ2v) is 9.47. The topological polar surface area (TPSA) is 77.2 Å². The quantitative estimate of drug-likeness (QED) is 0.435. The molecule has 180 valence electrons. The van der Waals surface area contributed by atoms with Crippen LogP contribution in [0.2, 0.25) is 5.02 Å². The van der Waals surface area contributed by atoms with Crippen molar-refractivity contribution in [2.75, 3.05) is 5.32 Å². The van der Waals surface area contributed by atoms with Crippen molar-refractivity contribution in [2.24, 2.45) is 5.92 Å². The van der Waals surface area contributed by atoms with E-state index >= 15 is 0 Å². The number of aromatic nitrogens is 2. The molecule has 2 aromatic heterocycles. The van der Waals surface area contributed by atoms with Crippen LogP contribution in [0.5, 0.6) is 0 Å². The van der Waals surface area contributed by atoms with Gasteiger partial charge >= 0.3 is 6.36 Å². The molecule has 2 fully saturated rings. The monoisotopic (exact) mass is 493 g/mol. The van der Waals surface area contributed by atoms with Gasteiger partial charge in [-0.3, -0.25) is 9.53 Å². The number of carbonyl (C=O) groups is 1. The van der Waals surface area contributed by atoms with E-state index in [9.17, 15) is 18.0 Å². The number of benzene rings is 1. The summed E-state index contributed by atoms with van der Waals surface area (Å²) < 4.78 is 46.6. The van der Waals surface area contributed by atoms with Gasteiger partial charge in [0.2, 0.25) is 5.91 Å². The van der Waals surface area contributed by atoms with Gasteiger partial charge in [0, 0.05) is 28.2 Å². The second kappa shape index (κ2) is 9.19. The lowest BCUT2D eigenvalue weighted by Crippen LogP contribution is -2.34. The predicted octanol–water partition coefficient (Wildman–Crippen LogP) is 6.57. The molecule has 0 spiro atoms. The summed E-state index contributed by atoms with van der Waals surface area (Å²) >= 11 is 6.00. The van der Waals surface area contributed by atoms with Gasteiger partial charge in [0.25, 0.3) is 0 Å². The predicted molar refractivity (Wildman–Crippen MR) is 119 cm³/mol. The molecule has 2 aliphatic rings. The Bertz CT molecular complexity index is 1180. The average molecular weight is 494 g/mol. The molecule has 3 aromatic rings. The summed E-state index contributed by atoms with van der Waals surface area (Å²) in [6.07, 6.45) is -0.394. The molecule has 0 aliphatic heterocycles. The van der Waals surface area contributed by atoms with Crippen LogP contribution in [-0.4, -0.2) is 28.3 Å². The zero-order valence-corrected chi connectivity index (χ0v) is 18.9. The van der Waals surface area contributed by atoms with E-state index in [2.05, 4.69) is 20.0 Å². The number of rotatable bonds is 5. The molecule has 2 saturated carbocycles. The first kappa shape index (κ1) is 23.1. The lowest BCUT2D eigenvalue weighted by molar-refractivity contribution is -0.351. The third-order valence-electron chi connectivity index (χ3n) is 6.70. The largest absolute Gasteiger partial charge is 0.522 e. The number of nitrogens with zero attached hydrogens (tertiary/aromatic N) is 2. The zero-order chi connectivity index (χ0) is 23.9. The van der Waals surface area contributed by atoms with Crippen LogP contribution in [0.15, 0.2) is 41.0 Å². The third-order valence-corrected chi connectivity index (χ3v) is 6.94. The van der Waals surface area contributed by atoms with Crippen LogP contribution in [0.4, 0.5) is 19.0 Å². The van der Waals surface area contributed by atoms with Crippen LogP contribution >= 0.6 is 11.6 Å². The summed E-state index contributed by atoms with van der Waals surface area (Å²) in [7, 11) is 0. The van der Waals surface area contributed by atoms with Gasteiger partial charge in [-0.25, -0.2) is 9.97 Å². The van der Waals surface area contributed by atoms with Crippen molar-refractivity contribution in [2.45, 2.75) is 62.8 Å². The highest BCUT2D eigenvalue weighted by Crippen LogP contribution is 2.42. The van der Waals surface area contributed by atoms with Crippen LogP contribution in [0, 0.1) is 5.92 Å². The maximum absolute atomic E-state index is 12.8. The maximum atomic E-state index is 12.8. The summed E-state index contributed by atoms with van der Waals surface area (Å²) in [5.41, 5.74) is 1.44. The molecule has 0 atom stereocenters. The minimum atomic E-state index is -4.60. The van der Waals surface area contributed by atoms with Gasteiger partial charge in [0.15, 0.2) is 5.89 Å². The van der Waals surface area contributed by atoms with Gasteiger partial charge in [-0.15, -0.1) is 13.2 Å². The average Bonchev–Trinajstić information content (AvgIpc) is 3.25. The van der Waals surface area contributed by atoms with Crippen molar-refractivity contribution in [1.82, 2.24) is 9.97 Å². The van der Waals surface area contributed by atoms with Crippen molar-refractivity contribution in [3.8, 4) is 0 Å². The van der Waals surface area contributed by atoms with Crippen LogP contribution in [-0.2, 0) is 9.53 Å². The van der Waals surface area contributed by atoms with Crippen molar-refractivity contribution in [3.05, 3.63) is 53.2 Å². The van der Waals surface area contributed by atoms with E-state index < -0.39 is 12.5 Å². The molecule has 0 radical (unpaired) electrons. The lowest BCUT2D eigenvalue weighted by Gasteiger charge is -2.34. The Kier molecular flexibility index (Phi) is 6.24. The van der Waals surface area contributed by atoms with Gasteiger partial charge in [0.1, 0.15) is 12.1 Å². The van der Waals surface area contributed by atoms with Gasteiger partial charge in [-0.2, -0.15) is 0 Å². The van der Waals surface area contributed by atoms with E-state index in [1.54, 1.807) is 18.4 Å². The fourth-order valence-electron chi connectivity index (χ4n) is 4.76. The van der Waals surface area contributed by atoms with Gasteiger partial charge < -0.3 is 9.73 Å². The van der Waals surface area contributed by atoms with E-state index in [4.69, 9.17) is 16.0 Å².